The largest absolute Gasteiger partial charge is 0.357 e. The number of carbonyl (C=O) groups is 1. The maximum Gasteiger partial charge on any atom is 0.196 e. The van der Waals surface area contributed by atoms with Crippen LogP contribution in [0, 0.1) is 17.8 Å². The highest BCUT2D eigenvalue weighted by molar-refractivity contribution is 7.15. The Bertz CT molecular complexity index is 647. The summed E-state index contributed by atoms with van der Waals surface area (Å²) in [5.74, 6) is 3.51. The molecule has 0 aromatic carbocycles. The number of fused-ring (bicyclic) bond motifs is 3. The van der Waals surface area contributed by atoms with Crippen molar-refractivity contribution in [1.82, 2.24) is 9.38 Å². The minimum atomic E-state index is 0.687. The fraction of sp³-hybridized carbons (Fsp3) is 0.600. The van der Waals surface area contributed by atoms with Gasteiger partial charge >= 0.3 is 0 Å². The predicted octanol–water partition coefficient (Wildman–Crippen LogP) is 3.08. The van der Waals surface area contributed by atoms with E-state index in [0.717, 1.165) is 41.4 Å². The number of hydrogen-bond acceptors (Lipinski definition) is 4. The van der Waals surface area contributed by atoms with Crippen molar-refractivity contribution >= 4 is 28.4 Å². The lowest BCUT2D eigenvalue weighted by Gasteiger charge is -2.27. The number of imidazole rings is 1. The van der Waals surface area contributed by atoms with Crippen LogP contribution in [0.3, 0.4) is 0 Å². The molecule has 4 rings (SSSR count). The average Bonchev–Trinajstić information content (AvgIpc) is 3.17. The number of aromatic nitrogens is 2. The molecule has 2 bridgehead atoms. The molecule has 106 valence electrons. The standard InChI is InChI=1S/C15H19N3OS/c1-17(8-12-7-10-2-3-11(12)6-10)14-13(9-19)18-4-5-20-15(18)16-14/h4-5,9-12H,2-3,6-8H2,1H3. The van der Waals surface area contributed by atoms with Gasteiger partial charge in [-0.1, -0.05) is 6.42 Å². The second kappa shape index (κ2) is 4.58. The Labute approximate surface area is 122 Å². The third kappa shape index (κ3) is 1.79. The van der Waals surface area contributed by atoms with Gasteiger partial charge in [0.25, 0.3) is 0 Å². The number of hydrogen-bond donors (Lipinski definition) is 0. The van der Waals surface area contributed by atoms with Gasteiger partial charge in [-0.05, 0) is 37.0 Å². The van der Waals surface area contributed by atoms with Crippen molar-refractivity contribution in [2.45, 2.75) is 25.7 Å². The van der Waals surface area contributed by atoms with Crippen molar-refractivity contribution in [3.05, 3.63) is 17.3 Å². The summed E-state index contributed by atoms with van der Waals surface area (Å²) in [6.45, 7) is 1.03. The number of aldehydes is 1. The molecule has 0 spiro atoms. The van der Waals surface area contributed by atoms with Gasteiger partial charge in [-0.25, -0.2) is 4.98 Å². The van der Waals surface area contributed by atoms with Crippen LogP contribution in [0.1, 0.15) is 36.2 Å². The van der Waals surface area contributed by atoms with Crippen LogP contribution in [0.15, 0.2) is 11.6 Å². The van der Waals surface area contributed by atoms with Crippen LogP contribution < -0.4 is 4.90 Å². The van der Waals surface area contributed by atoms with Gasteiger partial charge in [0, 0.05) is 25.2 Å². The van der Waals surface area contributed by atoms with Gasteiger partial charge in [-0.2, -0.15) is 0 Å². The highest BCUT2D eigenvalue weighted by atomic mass is 32.1. The molecule has 3 unspecified atom stereocenters. The summed E-state index contributed by atoms with van der Waals surface area (Å²) in [5.41, 5.74) is 0.687. The maximum absolute atomic E-state index is 11.4. The predicted molar refractivity (Wildman–Crippen MR) is 80.7 cm³/mol. The van der Waals surface area contributed by atoms with Gasteiger partial charge < -0.3 is 4.90 Å². The van der Waals surface area contributed by atoms with Crippen molar-refractivity contribution in [3.63, 3.8) is 0 Å². The topological polar surface area (TPSA) is 37.6 Å². The fourth-order valence-corrected chi connectivity index (χ4v) is 4.94. The Balaban J connectivity index is 1.58. The Hall–Kier alpha value is -1.36. The third-order valence-electron chi connectivity index (χ3n) is 5.15. The van der Waals surface area contributed by atoms with Crippen molar-refractivity contribution in [2.24, 2.45) is 17.8 Å². The van der Waals surface area contributed by atoms with Crippen LogP contribution in [0.2, 0.25) is 0 Å². The van der Waals surface area contributed by atoms with E-state index >= 15 is 0 Å². The van der Waals surface area contributed by atoms with E-state index in [4.69, 9.17) is 0 Å². The molecule has 2 aliphatic carbocycles. The van der Waals surface area contributed by atoms with Crippen LogP contribution in [0.5, 0.6) is 0 Å². The van der Waals surface area contributed by atoms with E-state index in [0.29, 0.717) is 5.69 Å². The lowest BCUT2D eigenvalue weighted by molar-refractivity contribution is 0.111. The molecule has 5 heteroatoms. The zero-order chi connectivity index (χ0) is 13.7. The number of thiazole rings is 1. The number of nitrogens with zero attached hydrogens (tertiary/aromatic N) is 3. The first-order valence-corrected chi connectivity index (χ1v) is 8.26. The fourth-order valence-electron chi connectivity index (χ4n) is 4.22. The molecular formula is C15H19N3OS. The maximum atomic E-state index is 11.4. The molecule has 2 aromatic heterocycles. The molecule has 2 aliphatic rings. The second-order valence-corrected chi connectivity index (χ2v) is 7.18. The average molecular weight is 289 g/mol. The first-order valence-electron chi connectivity index (χ1n) is 7.38. The summed E-state index contributed by atoms with van der Waals surface area (Å²) < 4.78 is 1.89. The highest BCUT2D eigenvalue weighted by Crippen LogP contribution is 2.48. The number of rotatable bonds is 4. The molecule has 0 aliphatic heterocycles. The van der Waals surface area contributed by atoms with Gasteiger partial charge in [0.1, 0.15) is 5.69 Å². The van der Waals surface area contributed by atoms with Crippen LogP contribution in [0.25, 0.3) is 4.96 Å². The smallest absolute Gasteiger partial charge is 0.196 e. The SMILES string of the molecule is CN(CC1CC2CCC1C2)c1nc2sccn2c1C=O. The molecule has 2 saturated carbocycles. The summed E-state index contributed by atoms with van der Waals surface area (Å²) >= 11 is 1.58. The third-order valence-corrected chi connectivity index (χ3v) is 5.90. The number of anilines is 1. The van der Waals surface area contributed by atoms with E-state index < -0.39 is 0 Å². The number of carbonyl (C=O) groups excluding carboxylic acids is 1. The van der Waals surface area contributed by atoms with Gasteiger partial charge in [0.2, 0.25) is 0 Å². The van der Waals surface area contributed by atoms with Gasteiger partial charge in [0.15, 0.2) is 17.1 Å². The second-order valence-electron chi connectivity index (χ2n) is 6.31. The quantitative estimate of drug-likeness (QED) is 0.812. The van der Waals surface area contributed by atoms with Crippen molar-refractivity contribution < 1.29 is 4.79 Å². The molecule has 2 fully saturated rings. The van der Waals surface area contributed by atoms with E-state index in [1.807, 2.05) is 16.0 Å². The summed E-state index contributed by atoms with van der Waals surface area (Å²) in [7, 11) is 2.07. The lowest BCUT2D eigenvalue weighted by atomic mass is 9.88. The molecule has 4 nitrogen and oxygen atoms in total. The van der Waals surface area contributed by atoms with Crippen LogP contribution in [-0.4, -0.2) is 29.3 Å². The molecule has 2 aromatic rings. The molecule has 0 radical (unpaired) electrons. The molecule has 0 saturated heterocycles. The summed E-state index contributed by atoms with van der Waals surface area (Å²) in [6.07, 6.45) is 8.49. The highest BCUT2D eigenvalue weighted by Gasteiger charge is 2.40. The van der Waals surface area contributed by atoms with Crippen LogP contribution in [0.4, 0.5) is 5.82 Å². The molecule has 2 heterocycles. The molecule has 3 atom stereocenters. The van der Waals surface area contributed by atoms with Crippen molar-refractivity contribution in [3.8, 4) is 0 Å². The molecule has 0 amide bonds. The van der Waals surface area contributed by atoms with Crippen molar-refractivity contribution in [2.75, 3.05) is 18.5 Å². The lowest BCUT2D eigenvalue weighted by Crippen LogP contribution is -2.29. The summed E-state index contributed by atoms with van der Waals surface area (Å²) in [6, 6.07) is 0. The van der Waals surface area contributed by atoms with Gasteiger partial charge in [-0.3, -0.25) is 9.20 Å². The Morgan fingerprint density at radius 3 is 3.10 bits per heavy atom. The van der Waals surface area contributed by atoms with Crippen LogP contribution in [-0.2, 0) is 0 Å². The Morgan fingerprint density at radius 1 is 1.50 bits per heavy atom. The zero-order valence-corrected chi connectivity index (χ0v) is 12.5. The molecule has 20 heavy (non-hydrogen) atoms. The van der Waals surface area contributed by atoms with Crippen LogP contribution >= 0.6 is 11.3 Å². The Kier molecular flexibility index (Phi) is 2.84. The normalized spacial score (nSPS) is 28.4. The minimum absolute atomic E-state index is 0.687. The van der Waals surface area contributed by atoms with E-state index in [9.17, 15) is 4.79 Å². The van der Waals surface area contributed by atoms with Gasteiger partial charge in [0.05, 0.1) is 0 Å². The van der Waals surface area contributed by atoms with E-state index in [-0.39, 0.29) is 0 Å². The molecule has 0 N–H and O–H groups in total. The van der Waals surface area contributed by atoms with E-state index in [2.05, 4.69) is 16.9 Å². The molecular weight excluding hydrogens is 270 g/mol. The van der Waals surface area contributed by atoms with Crippen molar-refractivity contribution in [1.29, 1.82) is 0 Å². The van der Waals surface area contributed by atoms with E-state index in [1.54, 1.807) is 11.3 Å². The first-order chi connectivity index (χ1) is 9.76. The zero-order valence-electron chi connectivity index (χ0n) is 11.7. The Morgan fingerprint density at radius 2 is 2.40 bits per heavy atom. The van der Waals surface area contributed by atoms with E-state index in [1.165, 1.54) is 25.7 Å². The summed E-state index contributed by atoms with van der Waals surface area (Å²) in [5, 5.41) is 1.97. The first kappa shape index (κ1) is 12.4. The van der Waals surface area contributed by atoms with Gasteiger partial charge in [-0.15, -0.1) is 11.3 Å². The monoisotopic (exact) mass is 289 g/mol. The summed E-state index contributed by atoms with van der Waals surface area (Å²) in [4.78, 5) is 19.1. The minimum Gasteiger partial charge on any atom is -0.357 e.